The standard InChI is InChI=1S/C17H16ClN5O4/c1-10-3-4-12(8-14(10)18)20-16(24)7-11(2)21-22-17(25)15-6-5-13(9-19-15)23(26)27/h3-6,8-9H,7H2,1-2H3,(H,20,24)(H,22,25)/b21-11+. The topological polar surface area (TPSA) is 127 Å². The number of nitrogens with zero attached hydrogens (tertiary/aromatic N) is 3. The highest BCUT2D eigenvalue weighted by molar-refractivity contribution is 6.31. The summed E-state index contributed by atoms with van der Waals surface area (Å²) in [6, 6.07) is 7.54. The first-order valence-electron chi connectivity index (χ1n) is 7.76. The van der Waals surface area contributed by atoms with Gasteiger partial charge in [-0.05, 0) is 37.6 Å². The Labute approximate surface area is 159 Å². The molecule has 140 valence electrons. The molecular weight excluding hydrogens is 374 g/mol. The fourth-order valence-corrected chi connectivity index (χ4v) is 2.16. The Morgan fingerprint density at radius 3 is 2.63 bits per heavy atom. The number of aryl methyl sites for hydroxylation is 1. The molecule has 0 aliphatic carbocycles. The summed E-state index contributed by atoms with van der Waals surface area (Å²) in [6.45, 7) is 3.43. The van der Waals surface area contributed by atoms with E-state index in [2.05, 4.69) is 20.8 Å². The number of hydrazone groups is 1. The molecule has 0 radical (unpaired) electrons. The van der Waals surface area contributed by atoms with Gasteiger partial charge in [-0.1, -0.05) is 17.7 Å². The number of rotatable bonds is 6. The normalized spacial score (nSPS) is 11.0. The molecule has 0 aliphatic rings. The van der Waals surface area contributed by atoms with Gasteiger partial charge in [-0.3, -0.25) is 19.7 Å². The lowest BCUT2D eigenvalue weighted by Crippen LogP contribution is -2.22. The van der Waals surface area contributed by atoms with Crippen molar-refractivity contribution in [1.29, 1.82) is 0 Å². The van der Waals surface area contributed by atoms with Crippen molar-refractivity contribution in [2.24, 2.45) is 5.10 Å². The number of nitrogens with one attached hydrogen (secondary N) is 2. The number of nitro groups is 1. The number of pyridine rings is 1. The highest BCUT2D eigenvalue weighted by atomic mass is 35.5. The first kappa shape index (κ1) is 20.0. The second-order valence-corrected chi connectivity index (χ2v) is 6.04. The van der Waals surface area contributed by atoms with E-state index in [9.17, 15) is 19.7 Å². The molecular formula is C17H16ClN5O4. The SMILES string of the molecule is C/C(CC(=O)Nc1ccc(C)c(Cl)c1)=N\NC(=O)c1ccc([N+](=O)[O-])cn1. The maximum absolute atomic E-state index is 12.0. The van der Waals surface area contributed by atoms with E-state index < -0.39 is 10.8 Å². The second kappa shape index (κ2) is 8.86. The van der Waals surface area contributed by atoms with Crippen LogP contribution in [0, 0.1) is 17.0 Å². The number of halogens is 1. The van der Waals surface area contributed by atoms with Gasteiger partial charge in [0, 0.05) is 22.5 Å². The van der Waals surface area contributed by atoms with Crippen LogP contribution in [0.2, 0.25) is 5.02 Å². The molecule has 0 spiro atoms. The number of amides is 2. The Bertz CT molecular complexity index is 912. The molecule has 27 heavy (non-hydrogen) atoms. The molecule has 1 aromatic carbocycles. The minimum Gasteiger partial charge on any atom is -0.326 e. The summed E-state index contributed by atoms with van der Waals surface area (Å²) in [7, 11) is 0. The van der Waals surface area contributed by atoms with Crippen molar-refractivity contribution >= 4 is 40.5 Å². The molecule has 0 atom stereocenters. The zero-order valence-corrected chi connectivity index (χ0v) is 15.3. The second-order valence-electron chi connectivity index (χ2n) is 5.64. The highest BCUT2D eigenvalue weighted by Crippen LogP contribution is 2.20. The van der Waals surface area contributed by atoms with Crippen LogP contribution in [-0.4, -0.2) is 27.4 Å². The summed E-state index contributed by atoms with van der Waals surface area (Å²) in [5.74, 6) is -0.964. The number of carbonyl (C=O) groups excluding carboxylic acids is 2. The zero-order chi connectivity index (χ0) is 20.0. The van der Waals surface area contributed by atoms with Crippen molar-refractivity contribution in [2.45, 2.75) is 20.3 Å². The molecule has 10 heteroatoms. The molecule has 0 saturated carbocycles. The Balaban J connectivity index is 1.90. The van der Waals surface area contributed by atoms with Gasteiger partial charge in [-0.2, -0.15) is 5.10 Å². The van der Waals surface area contributed by atoms with Crippen molar-refractivity contribution in [3.8, 4) is 0 Å². The maximum atomic E-state index is 12.0. The van der Waals surface area contributed by atoms with Gasteiger partial charge in [0.15, 0.2) is 0 Å². The van der Waals surface area contributed by atoms with Gasteiger partial charge >= 0.3 is 0 Å². The lowest BCUT2D eigenvalue weighted by molar-refractivity contribution is -0.385. The van der Waals surface area contributed by atoms with E-state index >= 15 is 0 Å². The number of benzene rings is 1. The zero-order valence-electron chi connectivity index (χ0n) is 14.5. The van der Waals surface area contributed by atoms with Crippen molar-refractivity contribution in [3.05, 3.63) is 62.9 Å². The third-order valence-corrected chi connectivity index (χ3v) is 3.82. The fraction of sp³-hybridized carbons (Fsp3) is 0.176. The Hall–Kier alpha value is -3.33. The first-order chi connectivity index (χ1) is 12.8. The molecule has 9 nitrogen and oxygen atoms in total. The molecule has 0 bridgehead atoms. The van der Waals surface area contributed by atoms with Crippen LogP contribution in [0.5, 0.6) is 0 Å². The lowest BCUT2D eigenvalue weighted by Gasteiger charge is -2.07. The number of carbonyl (C=O) groups is 2. The van der Waals surface area contributed by atoms with Crippen LogP contribution in [0.3, 0.4) is 0 Å². The van der Waals surface area contributed by atoms with Crippen LogP contribution < -0.4 is 10.7 Å². The fourth-order valence-electron chi connectivity index (χ4n) is 1.98. The van der Waals surface area contributed by atoms with Gasteiger partial charge in [0.2, 0.25) is 5.91 Å². The lowest BCUT2D eigenvalue weighted by atomic mass is 10.2. The predicted octanol–water partition coefficient (Wildman–Crippen LogP) is 3.09. The third-order valence-electron chi connectivity index (χ3n) is 3.41. The Morgan fingerprint density at radius 1 is 1.30 bits per heavy atom. The smallest absolute Gasteiger partial charge is 0.289 e. The maximum Gasteiger partial charge on any atom is 0.289 e. The van der Waals surface area contributed by atoms with Crippen LogP contribution in [0.4, 0.5) is 11.4 Å². The largest absolute Gasteiger partial charge is 0.326 e. The molecule has 0 unspecified atom stereocenters. The minimum absolute atomic E-state index is 0.0316. The van der Waals surface area contributed by atoms with Crippen molar-refractivity contribution in [3.63, 3.8) is 0 Å². The Kier molecular flexibility index (Phi) is 6.56. The van der Waals surface area contributed by atoms with E-state index in [1.165, 1.54) is 12.1 Å². The van der Waals surface area contributed by atoms with Crippen LogP contribution in [0.25, 0.3) is 0 Å². The summed E-state index contributed by atoms with van der Waals surface area (Å²) >= 11 is 6.01. The van der Waals surface area contributed by atoms with E-state index in [0.29, 0.717) is 16.4 Å². The van der Waals surface area contributed by atoms with Gasteiger partial charge in [0.1, 0.15) is 11.9 Å². The van der Waals surface area contributed by atoms with Gasteiger partial charge in [0.25, 0.3) is 11.6 Å². The predicted molar refractivity (Wildman–Crippen MR) is 101 cm³/mol. The average molecular weight is 390 g/mol. The number of hydrogen-bond donors (Lipinski definition) is 2. The van der Waals surface area contributed by atoms with Crippen molar-refractivity contribution in [1.82, 2.24) is 10.4 Å². The third kappa shape index (κ3) is 5.86. The molecule has 1 heterocycles. The van der Waals surface area contributed by atoms with Gasteiger partial charge in [-0.15, -0.1) is 0 Å². The quantitative estimate of drug-likeness (QED) is 0.446. The molecule has 2 N–H and O–H groups in total. The molecule has 0 saturated heterocycles. The number of anilines is 1. The molecule has 0 aliphatic heterocycles. The monoisotopic (exact) mass is 389 g/mol. The van der Waals surface area contributed by atoms with Crippen LogP contribution in [-0.2, 0) is 4.79 Å². The van der Waals surface area contributed by atoms with E-state index in [1.54, 1.807) is 25.1 Å². The summed E-state index contributed by atoms with van der Waals surface area (Å²) in [5, 5.41) is 17.6. The molecule has 2 aromatic rings. The van der Waals surface area contributed by atoms with E-state index in [0.717, 1.165) is 11.8 Å². The summed E-state index contributed by atoms with van der Waals surface area (Å²) in [4.78, 5) is 37.6. The van der Waals surface area contributed by atoms with E-state index in [-0.39, 0.29) is 23.7 Å². The first-order valence-corrected chi connectivity index (χ1v) is 8.14. The summed E-state index contributed by atoms with van der Waals surface area (Å²) in [5.41, 5.74) is 3.81. The van der Waals surface area contributed by atoms with E-state index in [1.807, 2.05) is 6.92 Å². The Morgan fingerprint density at radius 2 is 2.04 bits per heavy atom. The van der Waals surface area contributed by atoms with Gasteiger partial charge in [0.05, 0.1) is 11.3 Å². The molecule has 2 rings (SSSR count). The molecule has 2 amide bonds. The van der Waals surface area contributed by atoms with Crippen molar-refractivity contribution in [2.75, 3.05) is 5.32 Å². The van der Waals surface area contributed by atoms with E-state index in [4.69, 9.17) is 11.6 Å². The van der Waals surface area contributed by atoms with Crippen LogP contribution in [0.15, 0.2) is 41.6 Å². The highest BCUT2D eigenvalue weighted by Gasteiger charge is 2.11. The minimum atomic E-state index is -0.644. The van der Waals surface area contributed by atoms with Crippen LogP contribution >= 0.6 is 11.6 Å². The average Bonchev–Trinajstić information content (AvgIpc) is 2.62. The summed E-state index contributed by atoms with van der Waals surface area (Å²) in [6.07, 6.45) is 0.936. The number of aromatic nitrogens is 1. The molecule has 0 fully saturated rings. The van der Waals surface area contributed by atoms with Gasteiger partial charge < -0.3 is 5.32 Å². The number of hydrogen-bond acceptors (Lipinski definition) is 6. The van der Waals surface area contributed by atoms with Crippen molar-refractivity contribution < 1.29 is 14.5 Å². The molecule has 1 aromatic heterocycles. The summed E-state index contributed by atoms with van der Waals surface area (Å²) < 4.78 is 0. The van der Waals surface area contributed by atoms with Gasteiger partial charge in [-0.25, -0.2) is 10.4 Å². The van der Waals surface area contributed by atoms with Crippen LogP contribution in [0.1, 0.15) is 29.4 Å².